The lowest BCUT2D eigenvalue weighted by Crippen LogP contribution is -2.38. The highest BCUT2D eigenvalue weighted by Crippen LogP contribution is 2.42. The van der Waals surface area contributed by atoms with Crippen molar-refractivity contribution in [1.82, 2.24) is 0 Å². The topological polar surface area (TPSA) is 46.5 Å². The van der Waals surface area contributed by atoms with Gasteiger partial charge >= 0.3 is 5.97 Å². The molecular weight excluding hydrogens is 348 g/mol. The summed E-state index contributed by atoms with van der Waals surface area (Å²) in [6.45, 7) is 6.38. The fourth-order valence-electron chi connectivity index (χ4n) is 3.88. The summed E-state index contributed by atoms with van der Waals surface area (Å²) < 4.78 is 6.06. The zero-order valence-electron chi connectivity index (χ0n) is 17.1. The highest BCUT2D eigenvalue weighted by atomic mass is 16.6. The fourth-order valence-corrected chi connectivity index (χ4v) is 3.88. The Kier molecular flexibility index (Phi) is 6.23. The molecule has 1 atom stereocenters. The Morgan fingerprint density at radius 1 is 1.04 bits per heavy atom. The quantitative estimate of drug-likeness (QED) is 0.599. The molecule has 3 nitrogen and oxygen atoms in total. The van der Waals surface area contributed by atoms with Gasteiger partial charge < -0.3 is 9.84 Å². The third-order valence-corrected chi connectivity index (χ3v) is 5.67. The monoisotopic (exact) mass is 378 g/mol. The Balaban J connectivity index is 1.85. The van der Waals surface area contributed by atoms with Crippen LogP contribution in [0.3, 0.4) is 0 Å². The third kappa shape index (κ3) is 4.46. The van der Waals surface area contributed by atoms with Crippen molar-refractivity contribution in [2.75, 3.05) is 0 Å². The first-order valence-electron chi connectivity index (χ1n) is 10.2. The van der Waals surface area contributed by atoms with E-state index in [-0.39, 0.29) is 11.7 Å². The Morgan fingerprint density at radius 3 is 2.36 bits per heavy atom. The van der Waals surface area contributed by atoms with Gasteiger partial charge in [-0.3, -0.25) is 0 Å². The molecule has 28 heavy (non-hydrogen) atoms. The van der Waals surface area contributed by atoms with Crippen LogP contribution in [0.25, 0.3) is 0 Å². The summed E-state index contributed by atoms with van der Waals surface area (Å²) >= 11 is 0. The second-order valence-electron chi connectivity index (χ2n) is 8.21. The van der Waals surface area contributed by atoms with Crippen LogP contribution >= 0.6 is 0 Å². The molecule has 0 amide bonds. The van der Waals surface area contributed by atoms with E-state index >= 15 is 0 Å². The molecular formula is C25H30O3. The fraction of sp³-hybridized carbons (Fsp3) is 0.400. The average Bonchev–Trinajstić information content (AvgIpc) is 2.68. The summed E-state index contributed by atoms with van der Waals surface area (Å²) in [6.07, 6.45) is 3.18. The van der Waals surface area contributed by atoms with Gasteiger partial charge in [0.05, 0.1) is 5.57 Å². The predicted molar refractivity (Wildman–Crippen MR) is 112 cm³/mol. The maximum absolute atomic E-state index is 12.9. The van der Waals surface area contributed by atoms with Crippen molar-refractivity contribution in [3.63, 3.8) is 0 Å². The smallest absolute Gasteiger partial charge is 0.338 e. The van der Waals surface area contributed by atoms with Crippen molar-refractivity contribution in [3.05, 3.63) is 82.6 Å². The van der Waals surface area contributed by atoms with E-state index in [1.807, 2.05) is 42.5 Å². The molecule has 0 saturated carbocycles. The minimum atomic E-state index is -0.779. The summed E-state index contributed by atoms with van der Waals surface area (Å²) in [4.78, 5) is 12.9. The van der Waals surface area contributed by atoms with Gasteiger partial charge in [0.15, 0.2) is 0 Å². The molecule has 1 N–H and O–H groups in total. The summed E-state index contributed by atoms with van der Waals surface area (Å²) in [5.41, 5.74) is 2.98. The van der Waals surface area contributed by atoms with Crippen LogP contribution in [0, 0.1) is 12.8 Å². The number of aliphatic hydroxyl groups is 1. The summed E-state index contributed by atoms with van der Waals surface area (Å²) in [5.74, 6) is 0.287. The minimum Gasteiger partial charge on any atom is -0.512 e. The average molecular weight is 379 g/mol. The highest BCUT2D eigenvalue weighted by molar-refractivity contribution is 5.90. The number of carbonyl (C=O) groups excluding carboxylic acids is 1. The van der Waals surface area contributed by atoms with Gasteiger partial charge in [-0.15, -0.1) is 0 Å². The van der Waals surface area contributed by atoms with Crippen LogP contribution in [0.1, 0.15) is 56.2 Å². The molecule has 1 aliphatic heterocycles. The summed E-state index contributed by atoms with van der Waals surface area (Å²) in [6, 6.07) is 18.0. The maximum Gasteiger partial charge on any atom is 0.338 e. The van der Waals surface area contributed by atoms with Crippen LogP contribution in [0.15, 0.2) is 65.9 Å². The van der Waals surface area contributed by atoms with Crippen molar-refractivity contribution in [1.29, 1.82) is 0 Å². The molecule has 0 saturated heterocycles. The zero-order valence-corrected chi connectivity index (χ0v) is 17.1. The van der Waals surface area contributed by atoms with E-state index in [0.29, 0.717) is 37.2 Å². The lowest BCUT2D eigenvalue weighted by molar-refractivity contribution is -0.162. The first-order valence-corrected chi connectivity index (χ1v) is 10.2. The number of aryl methyl sites for hydroxylation is 2. The van der Waals surface area contributed by atoms with Crippen molar-refractivity contribution >= 4 is 5.97 Å². The largest absolute Gasteiger partial charge is 0.512 e. The van der Waals surface area contributed by atoms with Gasteiger partial charge in [-0.25, -0.2) is 4.79 Å². The van der Waals surface area contributed by atoms with E-state index in [9.17, 15) is 9.90 Å². The molecule has 1 aliphatic rings. The molecule has 3 heteroatoms. The predicted octanol–water partition coefficient (Wildman–Crippen LogP) is 6.02. The molecule has 0 aromatic heterocycles. The summed E-state index contributed by atoms with van der Waals surface area (Å²) in [7, 11) is 0. The second kappa shape index (κ2) is 8.64. The third-order valence-electron chi connectivity index (χ3n) is 5.67. The normalized spacial score (nSPS) is 19.8. The van der Waals surface area contributed by atoms with E-state index in [1.165, 1.54) is 11.1 Å². The number of benzene rings is 2. The Bertz CT molecular complexity index is 851. The van der Waals surface area contributed by atoms with E-state index in [2.05, 4.69) is 32.9 Å². The van der Waals surface area contributed by atoms with Crippen LogP contribution in [0.4, 0.5) is 0 Å². The Labute approximate surface area is 168 Å². The number of hydrogen-bond donors (Lipinski definition) is 1. The molecule has 0 fully saturated rings. The van der Waals surface area contributed by atoms with Crippen LogP contribution in [0.2, 0.25) is 0 Å². The van der Waals surface area contributed by atoms with E-state index in [0.717, 1.165) is 12.0 Å². The van der Waals surface area contributed by atoms with Gasteiger partial charge in [-0.05, 0) is 55.2 Å². The van der Waals surface area contributed by atoms with Crippen LogP contribution in [0.5, 0.6) is 0 Å². The number of aliphatic hydroxyl groups excluding tert-OH is 1. The van der Waals surface area contributed by atoms with Crippen LogP contribution < -0.4 is 0 Å². The lowest BCUT2D eigenvalue weighted by atomic mass is 9.80. The maximum atomic E-state index is 12.9. The molecule has 1 heterocycles. The number of rotatable bonds is 7. The molecule has 0 spiro atoms. The number of ether oxygens (including phenoxy) is 1. The van der Waals surface area contributed by atoms with Crippen molar-refractivity contribution in [2.45, 2.75) is 58.5 Å². The van der Waals surface area contributed by atoms with Crippen LogP contribution in [-0.2, 0) is 21.6 Å². The van der Waals surface area contributed by atoms with Crippen LogP contribution in [-0.4, -0.2) is 11.1 Å². The van der Waals surface area contributed by atoms with Crippen molar-refractivity contribution < 1.29 is 14.6 Å². The second-order valence-corrected chi connectivity index (χ2v) is 8.21. The Morgan fingerprint density at radius 2 is 1.71 bits per heavy atom. The first kappa shape index (κ1) is 20.2. The molecule has 2 aromatic rings. The van der Waals surface area contributed by atoms with Gasteiger partial charge in [0, 0.05) is 6.42 Å². The zero-order chi connectivity index (χ0) is 20.1. The van der Waals surface area contributed by atoms with Gasteiger partial charge in [-0.2, -0.15) is 0 Å². The van der Waals surface area contributed by atoms with Crippen molar-refractivity contribution in [2.24, 2.45) is 5.92 Å². The van der Waals surface area contributed by atoms with E-state index < -0.39 is 5.60 Å². The van der Waals surface area contributed by atoms with E-state index in [1.54, 1.807) is 0 Å². The number of cyclic esters (lactones) is 1. The molecule has 1 unspecified atom stereocenters. The van der Waals surface area contributed by atoms with Gasteiger partial charge in [-0.1, -0.05) is 68.4 Å². The summed E-state index contributed by atoms with van der Waals surface area (Å²) in [5, 5.41) is 10.8. The van der Waals surface area contributed by atoms with Gasteiger partial charge in [0.1, 0.15) is 11.4 Å². The molecule has 148 valence electrons. The minimum absolute atomic E-state index is 0.178. The first-order chi connectivity index (χ1) is 13.4. The number of carbonyl (C=O) groups is 1. The standard InChI is InChI=1S/C25H30O3/c1-18(2)15-16-25(21-11-5-4-6-12-21)17-23(26)22(24(27)28-25)14-13-20-10-8-7-9-19(20)3/h4-12,18,26H,13-17H2,1-3H3. The SMILES string of the molecule is Cc1ccccc1CCC1=C(O)CC(CCC(C)C)(c2ccccc2)OC1=O. The Hall–Kier alpha value is -2.55. The lowest BCUT2D eigenvalue weighted by Gasteiger charge is -2.38. The highest BCUT2D eigenvalue weighted by Gasteiger charge is 2.42. The van der Waals surface area contributed by atoms with Gasteiger partial charge in [0.2, 0.25) is 0 Å². The molecule has 3 rings (SSSR count). The number of hydrogen-bond acceptors (Lipinski definition) is 3. The molecule has 0 radical (unpaired) electrons. The van der Waals surface area contributed by atoms with E-state index in [4.69, 9.17) is 4.74 Å². The van der Waals surface area contributed by atoms with Crippen molar-refractivity contribution in [3.8, 4) is 0 Å². The van der Waals surface area contributed by atoms with Gasteiger partial charge in [0.25, 0.3) is 0 Å². The number of esters is 1. The molecule has 0 bridgehead atoms. The molecule has 0 aliphatic carbocycles. The molecule has 2 aromatic carbocycles.